The molecule has 5 nitrogen and oxygen atoms in total. The zero-order valence-electron chi connectivity index (χ0n) is 12.2. The number of aromatic amines is 1. The monoisotopic (exact) mass is 349 g/mol. The van der Waals surface area contributed by atoms with E-state index >= 15 is 0 Å². The Morgan fingerprint density at radius 3 is 2.65 bits per heavy atom. The van der Waals surface area contributed by atoms with Gasteiger partial charge in [-0.05, 0) is 17.0 Å². The highest BCUT2D eigenvalue weighted by atomic mass is 35.5. The summed E-state index contributed by atoms with van der Waals surface area (Å²) < 4.78 is 5.38. The fourth-order valence-corrected chi connectivity index (χ4v) is 2.86. The van der Waals surface area contributed by atoms with E-state index in [4.69, 9.17) is 27.9 Å². The Hall–Kier alpha value is -2.24. The quantitative estimate of drug-likeness (QED) is 0.750. The molecule has 7 heteroatoms. The minimum Gasteiger partial charge on any atom is -0.496 e. The van der Waals surface area contributed by atoms with Crippen LogP contribution in [0, 0.1) is 0 Å². The number of hydrogen-bond donors (Lipinski definition) is 2. The lowest BCUT2D eigenvalue weighted by Crippen LogP contribution is -2.13. The second-order valence-electron chi connectivity index (χ2n) is 4.86. The maximum Gasteiger partial charge on any atom is 0.285 e. The second-order valence-corrected chi connectivity index (χ2v) is 5.59. The Balaban J connectivity index is 1.98. The minimum absolute atomic E-state index is 0.0113. The van der Waals surface area contributed by atoms with Gasteiger partial charge in [-0.2, -0.15) is 5.10 Å². The molecule has 0 radical (unpaired) electrons. The summed E-state index contributed by atoms with van der Waals surface area (Å²) in [5.74, 6) is 0.804. The van der Waals surface area contributed by atoms with Gasteiger partial charge in [-0.25, -0.2) is 5.10 Å². The van der Waals surface area contributed by atoms with E-state index in [-0.39, 0.29) is 10.2 Å². The number of H-pyrrole nitrogens is 1. The minimum atomic E-state index is -0.488. The largest absolute Gasteiger partial charge is 0.496 e. The predicted molar refractivity (Wildman–Crippen MR) is 92.7 cm³/mol. The van der Waals surface area contributed by atoms with Crippen molar-refractivity contribution in [2.24, 2.45) is 0 Å². The Bertz CT molecular complexity index is 925. The molecular formula is C16H13Cl2N3O2. The van der Waals surface area contributed by atoms with E-state index in [1.165, 1.54) is 0 Å². The van der Waals surface area contributed by atoms with Gasteiger partial charge in [-0.1, -0.05) is 53.5 Å². The Morgan fingerprint density at radius 1 is 1.17 bits per heavy atom. The van der Waals surface area contributed by atoms with Crippen LogP contribution < -0.4 is 15.6 Å². The van der Waals surface area contributed by atoms with Crippen molar-refractivity contribution < 1.29 is 4.74 Å². The van der Waals surface area contributed by atoms with Crippen molar-refractivity contribution in [1.82, 2.24) is 10.2 Å². The molecule has 0 fully saturated rings. The van der Waals surface area contributed by atoms with Gasteiger partial charge < -0.3 is 10.1 Å². The maximum atomic E-state index is 11.5. The van der Waals surface area contributed by atoms with Crippen LogP contribution in [0.3, 0.4) is 0 Å². The molecule has 0 amide bonds. The molecule has 0 aliphatic heterocycles. The van der Waals surface area contributed by atoms with Crippen molar-refractivity contribution >= 4 is 39.7 Å². The molecule has 2 N–H and O–H groups in total. The zero-order valence-corrected chi connectivity index (χ0v) is 13.7. The van der Waals surface area contributed by atoms with Crippen LogP contribution in [0.25, 0.3) is 10.8 Å². The molecule has 1 aromatic heterocycles. The molecule has 1 heterocycles. The van der Waals surface area contributed by atoms with Crippen molar-refractivity contribution in [3.63, 3.8) is 0 Å². The second kappa shape index (κ2) is 6.48. The molecule has 3 aromatic rings. The van der Waals surface area contributed by atoms with E-state index < -0.39 is 5.56 Å². The molecule has 3 rings (SSSR count). The van der Waals surface area contributed by atoms with Crippen LogP contribution in [0.4, 0.5) is 5.69 Å². The van der Waals surface area contributed by atoms with Gasteiger partial charge in [0.15, 0.2) is 5.15 Å². The number of rotatable bonds is 4. The van der Waals surface area contributed by atoms with Crippen LogP contribution in [0.1, 0.15) is 5.56 Å². The Labute approximate surface area is 142 Å². The van der Waals surface area contributed by atoms with E-state index in [0.717, 1.165) is 22.1 Å². The standard InChI is InChI=1S/C16H13Cl2N3O2/c1-23-12-7-6-9(10-4-2-3-5-11(10)12)8-19-14-13(17)16(22)21-20-15(14)18/h2-7H,8H2,1H3,(H2,19,21,22). The highest BCUT2D eigenvalue weighted by Crippen LogP contribution is 2.30. The van der Waals surface area contributed by atoms with Crippen molar-refractivity contribution in [3.8, 4) is 5.75 Å². The SMILES string of the molecule is COc1ccc(CNc2c(Cl)n[nH]c(=O)c2Cl)c2ccccc12. The van der Waals surface area contributed by atoms with E-state index in [0.29, 0.717) is 12.2 Å². The molecule has 0 bridgehead atoms. The lowest BCUT2D eigenvalue weighted by atomic mass is 10.0. The van der Waals surface area contributed by atoms with Crippen molar-refractivity contribution in [2.75, 3.05) is 12.4 Å². The van der Waals surface area contributed by atoms with Gasteiger partial charge in [0.05, 0.1) is 12.8 Å². The number of benzene rings is 2. The summed E-state index contributed by atoms with van der Waals surface area (Å²) in [7, 11) is 1.64. The first-order valence-electron chi connectivity index (χ1n) is 6.84. The molecule has 0 aliphatic rings. The third kappa shape index (κ3) is 2.98. The number of anilines is 1. The summed E-state index contributed by atoms with van der Waals surface area (Å²) in [5, 5.41) is 11.2. The van der Waals surface area contributed by atoms with Crippen LogP contribution in [0.5, 0.6) is 5.75 Å². The van der Waals surface area contributed by atoms with Crippen LogP contribution in [0.2, 0.25) is 10.2 Å². The summed E-state index contributed by atoms with van der Waals surface area (Å²) in [6.07, 6.45) is 0. The van der Waals surface area contributed by atoms with E-state index in [1.54, 1.807) is 7.11 Å². The maximum absolute atomic E-state index is 11.5. The smallest absolute Gasteiger partial charge is 0.285 e. The molecule has 0 aliphatic carbocycles. The topological polar surface area (TPSA) is 67.0 Å². The van der Waals surface area contributed by atoms with E-state index in [1.807, 2.05) is 36.4 Å². The highest BCUT2D eigenvalue weighted by molar-refractivity contribution is 6.38. The van der Waals surface area contributed by atoms with Gasteiger partial charge in [0, 0.05) is 11.9 Å². The summed E-state index contributed by atoms with van der Waals surface area (Å²) >= 11 is 12.0. The van der Waals surface area contributed by atoms with Gasteiger partial charge in [0.2, 0.25) is 0 Å². The Kier molecular flexibility index (Phi) is 4.41. The normalized spacial score (nSPS) is 10.7. The Morgan fingerprint density at radius 2 is 1.91 bits per heavy atom. The summed E-state index contributed by atoms with van der Waals surface area (Å²) in [6.45, 7) is 0.440. The van der Waals surface area contributed by atoms with Crippen molar-refractivity contribution in [3.05, 3.63) is 62.5 Å². The van der Waals surface area contributed by atoms with Crippen LogP contribution >= 0.6 is 23.2 Å². The fourth-order valence-electron chi connectivity index (χ4n) is 2.41. The number of fused-ring (bicyclic) bond motifs is 1. The molecule has 2 aromatic carbocycles. The van der Waals surface area contributed by atoms with Crippen LogP contribution in [0.15, 0.2) is 41.2 Å². The van der Waals surface area contributed by atoms with Gasteiger partial charge >= 0.3 is 0 Å². The number of methoxy groups -OCH3 is 1. The molecule has 0 unspecified atom stereocenters. The van der Waals surface area contributed by atoms with E-state index in [2.05, 4.69) is 15.5 Å². The first-order valence-corrected chi connectivity index (χ1v) is 7.59. The number of nitrogens with one attached hydrogen (secondary N) is 2. The molecular weight excluding hydrogens is 337 g/mol. The number of hydrogen-bond acceptors (Lipinski definition) is 4. The molecule has 0 atom stereocenters. The molecule has 0 saturated carbocycles. The molecule has 0 saturated heterocycles. The fraction of sp³-hybridized carbons (Fsp3) is 0.125. The predicted octanol–water partition coefficient (Wildman–Crippen LogP) is 3.85. The lowest BCUT2D eigenvalue weighted by Gasteiger charge is -2.13. The number of nitrogens with zero attached hydrogens (tertiary/aromatic N) is 1. The number of ether oxygens (including phenoxy) is 1. The van der Waals surface area contributed by atoms with Crippen LogP contribution in [-0.2, 0) is 6.54 Å². The van der Waals surface area contributed by atoms with Gasteiger partial charge in [-0.3, -0.25) is 4.79 Å². The molecule has 118 valence electrons. The van der Waals surface area contributed by atoms with Crippen molar-refractivity contribution in [1.29, 1.82) is 0 Å². The lowest BCUT2D eigenvalue weighted by molar-refractivity contribution is 0.419. The number of aromatic nitrogens is 2. The first kappa shape index (κ1) is 15.6. The first-order chi connectivity index (χ1) is 11.1. The number of halogens is 2. The van der Waals surface area contributed by atoms with Gasteiger partial charge in [0.25, 0.3) is 5.56 Å². The molecule has 23 heavy (non-hydrogen) atoms. The van der Waals surface area contributed by atoms with Gasteiger partial charge in [0.1, 0.15) is 10.8 Å². The molecule has 0 spiro atoms. The van der Waals surface area contributed by atoms with Crippen LogP contribution in [-0.4, -0.2) is 17.3 Å². The van der Waals surface area contributed by atoms with Gasteiger partial charge in [-0.15, -0.1) is 0 Å². The average molecular weight is 350 g/mol. The highest BCUT2D eigenvalue weighted by Gasteiger charge is 2.12. The third-order valence-corrected chi connectivity index (χ3v) is 4.16. The summed E-state index contributed by atoms with van der Waals surface area (Å²) in [4.78, 5) is 11.5. The van der Waals surface area contributed by atoms with Crippen molar-refractivity contribution in [2.45, 2.75) is 6.54 Å². The van der Waals surface area contributed by atoms with E-state index in [9.17, 15) is 4.79 Å². The third-order valence-electron chi connectivity index (χ3n) is 3.53. The average Bonchev–Trinajstić information content (AvgIpc) is 2.58. The summed E-state index contributed by atoms with van der Waals surface area (Å²) in [6, 6.07) is 11.8. The summed E-state index contributed by atoms with van der Waals surface area (Å²) in [5.41, 5.74) is 0.851. The zero-order chi connectivity index (χ0) is 16.4.